The maximum absolute atomic E-state index is 12.3. The molecule has 2 aliphatic heterocycles. The summed E-state index contributed by atoms with van der Waals surface area (Å²) in [5.41, 5.74) is 2.21. The lowest BCUT2D eigenvalue weighted by atomic mass is 9.91. The third kappa shape index (κ3) is 2.70. The molecule has 2 heterocycles. The van der Waals surface area contributed by atoms with Crippen molar-refractivity contribution < 1.29 is 14.3 Å². The maximum Gasteiger partial charge on any atom is 0.410 e. The van der Waals surface area contributed by atoms with Gasteiger partial charge in [0.05, 0.1) is 25.3 Å². The van der Waals surface area contributed by atoms with E-state index in [-0.39, 0.29) is 18.2 Å². The number of piperidine rings is 1. The van der Waals surface area contributed by atoms with Crippen molar-refractivity contribution in [1.82, 2.24) is 4.90 Å². The number of hydrogen-bond acceptors (Lipinski definition) is 3. The Morgan fingerprint density at radius 1 is 1.25 bits per heavy atom. The number of nitrogens with zero attached hydrogens (tertiary/aromatic N) is 1. The van der Waals surface area contributed by atoms with Gasteiger partial charge in [-0.25, -0.2) is 4.79 Å². The lowest BCUT2D eigenvalue weighted by molar-refractivity contribution is -0.0557. The zero-order chi connectivity index (χ0) is 13.9. The van der Waals surface area contributed by atoms with Crippen molar-refractivity contribution in [2.24, 2.45) is 0 Å². The van der Waals surface area contributed by atoms with E-state index in [1.54, 1.807) is 0 Å². The van der Waals surface area contributed by atoms with Crippen molar-refractivity contribution in [3.8, 4) is 0 Å². The van der Waals surface area contributed by atoms with E-state index in [9.17, 15) is 4.79 Å². The molecule has 0 spiro atoms. The Morgan fingerprint density at radius 2 is 1.90 bits per heavy atom. The standard InChI is InChI=1S/C16H19NO3/c1-12-7-14-10-19-11-15(8-12)17(14)16(18)20-9-13-5-3-2-4-6-13/h2-6,14-15H,1,7-11H2. The van der Waals surface area contributed by atoms with E-state index in [0.29, 0.717) is 19.8 Å². The van der Waals surface area contributed by atoms with Crippen molar-refractivity contribution in [3.05, 3.63) is 48.0 Å². The number of rotatable bonds is 2. The maximum atomic E-state index is 12.3. The van der Waals surface area contributed by atoms with Gasteiger partial charge >= 0.3 is 6.09 Å². The van der Waals surface area contributed by atoms with Crippen molar-refractivity contribution in [2.45, 2.75) is 31.5 Å². The van der Waals surface area contributed by atoms with Gasteiger partial charge in [-0.05, 0) is 18.4 Å². The van der Waals surface area contributed by atoms with Crippen molar-refractivity contribution in [2.75, 3.05) is 13.2 Å². The van der Waals surface area contributed by atoms with Crippen LogP contribution in [0, 0.1) is 0 Å². The van der Waals surface area contributed by atoms with E-state index in [2.05, 4.69) is 6.58 Å². The summed E-state index contributed by atoms with van der Waals surface area (Å²) in [6, 6.07) is 9.90. The van der Waals surface area contributed by atoms with Crippen LogP contribution in [-0.2, 0) is 16.1 Å². The lowest BCUT2D eigenvalue weighted by Crippen LogP contribution is -2.57. The van der Waals surface area contributed by atoms with E-state index in [1.807, 2.05) is 35.2 Å². The molecule has 0 aromatic heterocycles. The molecule has 1 aromatic rings. The molecule has 4 heteroatoms. The second kappa shape index (κ2) is 5.67. The topological polar surface area (TPSA) is 38.8 Å². The van der Waals surface area contributed by atoms with Crippen LogP contribution in [0.15, 0.2) is 42.5 Å². The summed E-state index contributed by atoms with van der Waals surface area (Å²) >= 11 is 0. The lowest BCUT2D eigenvalue weighted by Gasteiger charge is -2.45. The van der Waals surface area contributed by atoms with Gasteiger partial charge < -0.3 is 9.47 Å². The van der Waals surface area contributed by atoms with Crippen molar-refractivity contribution >= 4 is 6.09 Å². The summed E-state index contributed by atoms with van der Waals surface area (Å²) in [5.74, 6) is 0. The summed E-state index contributed by atoms with van der Waals surface area (Å²) in [6.07, 6.45) is 1.40. The van der Waals surface area contributed by atoms with Crippen LogP contribution in [0.1, 0.15) is 18.4 Å². The number of amides is 1. The van der Waals surface area contributed by atoms with E-state index in [0.717, 1.165) is 18.4 Å². The smallest absolute Gasteiger partial charge is 0.410 e. The van der Waals surface area contributed by atoms with Gasteiger partial charge in [0.25, 0.3) is 0 Å². The molecule has 20 heavy (non-hydrogen) atoms. The highest BCUT2D eigenvalue weighted by Crippen LogP contribution is 2.30. The molecule has 106 valence electrons. The molecule has 2 saturated heterocycles. The fourth-order valence-electron chi connectivity index (χ4n) is 2.96. The average molecular weight is 273 g/mol. The molecular weight excluding hydrogens is 254 g/mol. The molecule has 2 atom stereocenters. The molecule has 0 aliphatic carbocycles. The van der Waals surface area contributed by atoms with Crippen LogP contribution < -0.4 is 0 Å². The Hall–Kier alpha value is -1.81. The minimum absolute atomic E-state index is 0.0817. The van der Waals surface area contributed by atoms with E-state index in [1.165, 1.54) is 5.57 Å². The second-order valence-electron chi connectivity index (χ2n) is 5.45. The molecule has 1 aromatic carbocycles. The molecule has 2 unspecified atom stereocenters. The summed E-state index contributed by atoms with van der Waals surface area (Å²) in [4.78, 5) is 14.2. The molecular formula is C16H19NO3. The van der Waals surface area contributed by atoms with Gasteiger partial charge in [-0.15, -0.1) is 0 Å². The first-order chi connectivity index (χ1) is 9.74. The van der Waals surface area contributed by atoms with Gasteiger partial charge in [0.1, 0.15) is 6.61 Å². The number of morpholine rings is 1. The average Bonchev–Trinajstić information content (AvgIpc) is 2.45. The fraction of sp³-hybridized carbons (Fsp3) is 0.438. The molecule has 0 radical (unpaired) electrons. The van der Waals surface area contributed by atoms with Crippen LogP contribution in [-0.4, -0.2) is 36.3 Å². The first-order valence-corrected chi connectivity index (χ1v) is 6.97. The molecule has 4 nitrogen and oxygen atoms in total. The van der Waals surface area contributed by atoms with E-state index in [4.69, 9.17) is 9.47 Å². The van der Waals surface area contributed by atoms with Crippen LogP contribution in [0.5, 0.6) is 0 Å². The number of ether oxygens (including phenoxy) is 2. The van der Waals surface area contributed by atoms with E-state index < -0.39 is 0 Å². The van der Waals surface area contributed by atoms with Gasteiger partial charge in [0.2, 0.25) is 0 Å². The molecule has 0 saturated carbocycles. The second-order valence-corrected chi connectivity index (χ2v) is 5.45. The Morgan fingerprint density at radius 3 is 2.55 bits per heavy atom. The van der Waals surface area contributed by atoms with Gasteiger partial charge in [0.15, 0.2) is 0 Å². The van der Waals surface area contributed by atoms with Crippen LogP contribution in [0.2, 0.25) is 0 Å². The van der Waals surface area contributed by atoms with E-state index >= 15 is 0 Å². The zero-order valence-electron chi connectivity index (χ0n) is 11.5. The number of fused-ring (bicyclic) bond motifs is 2. The van der Waals surface area contributed by atoms with Gasteiger partial charge in [-0.1, -0.05) is 42.5 Å². The van der Waals surface area contributed by atoms with Gasteiger partial charge in [0, 0.05) is 0 Å². The van der Waals surface area contributed by atoms with Gasteiger partial charge in [-0.3, -0.25) is 4.90 Å². The molecule has 3 rings (SSSR count). The zero-order valence-corrected chi connectivity index (χ0v) is 11.5. The Kier molecular flexibility index (Phi) is 3.74. The SMILES string of the molecule is C=C1CC2COCC(C1)N2C(=O)OCc1ccccc1. The third-order valence-electron chi connectivity index (χ3n) is 3.87. The third-order valence-corrected chi connectivity index (χ3v) is 3.87. The van der Waals surface area contributed by atoms with Gasteiger partial charge in [-0.2, -0.15) is 0 Å². The predicted molar refractivity (Wildman–Crippen MR) is 75.2 cm³/mol. The van der Waals surface area contributed by atoms with Crippen LogP contribution in [0.4, 0.5) is 4.79 Å². The largest absolute Gasteiger partial charge is 0.445 e. The summed E-state index contributed by atoms with van der Waals surface area (Å²) in [7, 11) is 0. The Bertz CT molecular complexity index is 484. The highest BCUT2D eigenvalue weighted by atomic mass is 16.6. The van der Waals surface area contributed by atoms with Crippen molar-refractivity contribution in [3.63, 3.8) is 0 Å². The molecule has 2 fully saturated rings. The number of benzene rings is 1. The normalized spacial score (nSPS) is 25.4. The Labute approximate surface area is 119 Å². The quantitative estimate of drug-likeness (QED) is 0.778. The molecule has 2 aliphatic rings. The van der Waals surface area contributed by atoms with Crippen LogP contribution in [0.25, 0.3) is 0 Å². The van der Waals surface area contributed by atoms with Crippen molar-refractivity contribution in [1.29, 1.82) is 0 Å². The minimum atomic E-state index is -0.236. The number of carbonyl (C=O) groups is 1. The first kappa shape index (κ1) is 13.2. The minimum Gasteiger partial charge on any atom is -0.445 e. The molecule has 1 amide bonds. The molecule has 0 N–H and O–H groups in total. The predicted octanol–water partition coefficient (Wildman–Crippen LogP) is 2.74. The fourth-order valence-corrected chi connectivity index (χ4v) is 2.96. The van der Waals surface area contributed by atoms with Crippen LogP contribution >= 0.6 is 0 Å². The highest BCUT2D eigenvalue weighted by Gasteiger charge is 2.39. The number of carbonyl (C=O) groups excluding carboxylic acids is 1. The first-order valence-electron chi connectivity index (χ1n) is 6.97. The highest BCUT2D eigenvalue weighted by molar-refractivity contribution is 5.69. The molecule has 2 bridgehead atoms. The number of hydrogen-bond donors (Lipinski definition) is 0. The monoisotopic (exact) mass is 273 g/mol. The summed E-state index contributed by atoms with van der Waals surface area (Å²) in [6.45, 7) is 5.53. The summed E-state index contributed by atoms with van der Waals surface area (Å²) < 4.78 is 11.0. The van der Waals surface area contributed by atoms with Crippen LogP contribution in [0.3, 0.4) is 0 Å². The Balaban J connectivity index is 1.63. The summed E-state index contributed by atoms with van der Waals surface area (Å²) in [5, 5.41) is 0.